The molecular formula is C53H91N17O18. The maximum absolute atomic E-state index is 13.0. The summed E-state index contributed by atoms with van der Waals surface area (Å²) in [6, 6.07) is -19.4. The van der Waals surface area contributed by atoms with Crippen molar-refractivity contribution in [1.29, 1.82) is 0 Å². The van der Waals surface area contributed by atoms with Crippen LogP contribution in [0.2, 0.25) is 0 Å². The fraction of sp³-hybridized carbons (Fsp3) is 0.679. The van der Waals surface area contributed by atoms with E-state index in [-0.39, 0.29) is 6.42 Å². The number of carbonyl (C=O) groups is 17. The van der Waals surface area contributed by atoms with Crippen molar-refractivity contribution in [2.75, 3.05) is 6.54 Å². The third-order valence-corrected chi connectivity index (χ3v) is 12.9. The van der Waals surface area contributed by atoms with Crippen molar-refractivity contribution >= 4 is 100 Å². The summed E-state index contributed by atoms with van der Waals surface area (Å²) >= 11 is 0. The molecule has 35 heteroatoms. The molecule has 0 aromatic carbocycles. The Morgan fingerprint density at radius 2 is 0.386 bits per heavy atom. The molecule has 0 unspecified atom stereocenters. The van der Waals surface area contributed by atoms with Crippen molar-refractivity contribution in [2.45, 2.75) is 227 Å². The van der Waals surface area contributed by atoms with E-state index in [0.29, 0.717) is 19.4 Å². The largest absolute Gasteiger partial charge is 0.480 e. The molecule has 0 aromatic heterocycles. The summed E-state index contributed by atoms with van der Waals surface area (Å²) in [6.07, 6.45) is 1.12. The summed E-state index contributed by atoms with van der Waals surface area (Å²) in [5.74, 6) is -13.8. The molecule has 16 amide bonds. The molecule has 0 fully saturated rings. The number of nitrogens with one attached hydrogen (secondary N) is 16. The molecule has 0 heterocycles. The van der Waals surface area contributed by atoms with Gasteiger partial charge in [-0.15, -0.1) is 0 Å². The molecule has 0 aliphatic carbocycles. The van der Waals surface area contributed by atoms with Gasteiger partial charge < -0.3 is 95.9 Å². The Balaban J connectivity index is 5.01. The number of hydrogen-bond donors (Lipinski definition) is 18. The van der Waals surface area contributed by atoms with Crippen LogP contribution >= 0.6 is 0 Å². The van der Waals surface area contributed by atoms with Crippen LogP contribution in [0.25, 0.3) is 0 Å². The van der Waals surface area contributed by atoms with Crippen molar-refractivity contribution in [2.24, 2.45) is 5.73 Å². The normalized spacial score (nSPS) is 16.3. The van der Waals surface area contributed by atoms with Crippen LogP contribution in [0, 0.1) is 0 Å². The zero-order valence-electron chi connectivity index (χ0n) is 52.5. The SMILES string of the molecule is CC(=O)N[C@@H](C)C(=O)N[C@@H](C)C(=O)N[C@@H](C)C(=O)N[C@@H](C)C(=O)N[C@@H](C)C(=O)N[C@H](C)C(=O)N[C@@H](C)C(=O)N[C@H](C)C(=O)N[C@@H](C)C(=O)N[C@H](C)C(=O)N[C@@H](C)C(=O)N[C@@H](C)C(=O)N[C@@H](C)C(=O)N[C@@H](C)C(=O)N[C@@H](C)C(=O)N[C@@H](CCCCN)C(=O)O. The first kappa shape index (κ1) is 79.0. The average molecular weight is 1250 g/mol. The Labute approximate surface area is 509 Å². The minimum absolute atomic E-state index is 0.122. The van der Waals surface area contributed by atoms with E-state index in [1.807, 2.05) is 0 Å². The number of unbranched alkanes of at least 4 members (excludes halogenated alkanes) is 1. The lowest BCUT2D eigenvalue weighted by molar-refractivity contribution is -0.142. The smallest absolute Gasteiger partial charge is 0.326 e. The van der Waals surface area contributed by atoms with Gasteiger partial charge in [-0.1, -0.05) is 0 Å². The van der Waals surface area contributed by atoms with Crippen LogP contribution in [0.4, 0.5) is 0 Å². The van der Waals surface area contributed by atoms with E-state index >= 15 is 0 Å². The summed E-state index contributed by atoms with van der Waals surface area (Å²) in [5, 5.41) is 47.4. The van der Waals surface area contributed by atoms with Crippen LogP contribution in [0.5, 0.6) is 0 Å². The molecule has 0 aliphatic rings. The number of carboxylic acids is 1. The van der Waals surface area contributed by atoms with Gasteiger partial charge >= 0.3 is 5.97 Å². The first-order valence-corrected chi connectivity index (χ1v) is 28.4. The Bertz CT molecular complexity index is 2570. The van der Waals surface area contributed by atoms with Gasteiger partial charge in [0.2, 0.25) is 94.5 Å². The molecule has 0 saturated carbocycles. The lowest BCUT2D eigenvalue weighted by Crippen LogP contribution is -2.59. The Morgan fingerprint density at radius 3 is 0.511 bits per heavy atom. The first-order chi connectivity index (χ1) is 40.6. The maximum atomic E-state index is 13.0. The van der Waals surface area contributed by atoms with E-state index < -0.39 is 197 Å². The quantitative estimate of drug-likeness (QED) is 0.0259. The van der Waals surface area contributed by atoms with Crippen molar-refractivity contribution in [3.05, 3.63) is 0 Å². The highest BCUT2D eigenvalue weighted by molar-refractivity contribution is 6.00. The van der Waals surface area contributed by atoms with Crippen LogP contribution < -0.4 is 90.8 Å². The van der Waals surface area contributed by atoms with Gasteiger partial charge in [0, 0.05) is 6.92 Å². The second kappa shape index (κ2) is 38.2. The minimum atomic E-state index is -1.28. The van der Waals surface area contributed by atoms with Crippen LogP contribution in [0.3, 0.4) is 0 Å². The van der Waals surface area contributed by atoms with E-state index in [1.165, 1.54) is 111 Å². The van der Waals surface area contributed by atoms with E-state index in [2.05, 4.69) is 85.1 Å². The second-order valence-corrected chi connectivity index (χ2v) is 21.3. The lowest BCUT2D eigenvalue weighted by atomic mass is 10.1. The van der Waals surface area contributed by atoms with Crippen LogP contribution in [0.1, 0.15) is 130 Å². The first-order valence-electron chi connectivity index (χ1n) is 28.4. The van der Waals surface area contributed by atoms with Gasteiger partial charge in [0.15, 0.2) is 0 Å². The second-order valence-electron chi connectivity index (χ2n) is 21.3. The maximum Gasteiger partial charge on any atom is 0.326 e. The van der Waals surface area contributed by atoms with E-state index in [4.69, 9.17) is 5.73 Å². The van der Waals surface area contributed by atoms with Gasteiger partial charge in [-0.25, -0.2) is 4.79 Å². The van der Waals surface area contributed by atoms with E-state index in [9.17, 15) is 86.6 Å². The van der Waals surface area contributed by atoms with Crippen molar-refractivity contribution in [3.63, 3.8) is 0 Å². The summed E-state index contributed by atoms with van der Waals surface area (Å²) in [7, 11) is 0. The number of rotatable bonds is 36. The summed E-state index contributed by atoms with van der Waals surface area (Å²) in [4.78, 5) is 215. The Hall–Kier alpha value is -9.05. The molecular weight excluding hydrogens is 1160 g/mol. The molecule has 0 bridgehead atoms. The molecule has 0 rings (SSSR count). The Morgan fingerprint density at radius 1 is 0.250 bits per heavy atom. The zero-order chi connectivity index (χ0) is 68.2. The molecule has 16 atom stereocenters. The number of aliphatic carboxylic acids is 1. The highest BCUT2D eigenvalue weighted by atomic mass is 16.4. The molecule has 496 valence electrons. The molecule has 19 N–H and O–H groups in total. The number of carboxylic acid groups (broad SMARTS) is 1. The zero-order valence-corrected chi connectivity index (χ0v) is 52.5. The predicted octanol–water partition coefficient (Wildman–Crippen LogP) is -7.72. The number of nitrogens with two attached hydrogens (primary N) is 1. The molecule has 0 spiro atoms. The van der Waals surface area contributed by atoms with Crippen LogP contribution in [0.15, 0.2) is 0 Å². The molecule has 35 nitrogen and oxygen atoms in total. The van der Waals surface area contributed by atoms with Crippen molar-refractivity contribution < 1.29 is 86.6 Å². The van der Waals surface area contributed by atoms with E-state index in [0.717, 1.165) is 0 Å². The number of amides is 16. The fourth-order valence-corrected chi connectivity index (χ4v) is 7.07. The van der Waals surface area contributed by atoms with Gasteiger partial charge in [0.1, 0.15) is 96.7 Å². The van der Waals surface area contributed by atoms with Crippen LogP contribution in [-0.2, 0) is 81.5 Å². The minimum Gasteiger partial charge on any atom is -0.480 e. The van der Waals surface area contributed by atoms with Gasteiger partial charge in [0.05, 0.1) is 0 Å². The monoisotopic (exact) mass is 1250 g/mol. The number of hydrogen-bond acceptors (Lipinski definition) is 18. The average Bonchev–Trinajstić information content (AvgIpc) is 3.56. The lowest BCUT2D eigenvalue weighted by Gasteiger charge is -2.24. The highest BCUT2D eigenvalue weighted by Crippen LogP contribution is 2.03. The van der Waals surface area contributed by atoms with E-state index in [1.54, 1.807) is 0 Å². The predicted molar refractivity (Wildman–Crippen MR) is 312 cm³/mol. The van der Waals surface area contributed by atoms with Crippen molar-refractivity contribution in [1.82, 2.24) is 85.1 Å². The topological polar surface area (TPSA) is 529 Å². The highest BCUT2D eigenvalue weighted by Gasteiger charge is 2.32. The molecule has 0 saturated heterocycles. The Kier molecular flexibility index (Phi) is 34.3. The third kappa shape index (κ3) is 28.9. The van der Waals surface area contributed by atoms with Crippen LogP contribution in [-0.4, -0.2) is 209 Å². The van der Waals surface area contributed by atoms with Gasteiger partial charge in [-0.05, 0) is 130 Å². The fourth-order valence-electron chi connectivity index (χ4n) is 7.07. The van der Waals surface area contributed by atoms with Gasteiger partial charge in [-0.3, -0.25) is 76.7 Å². The summed E-state index contributed by atoms with van der Waals surface area (Å²) in [5.41, 5.74) is 5.44. The molecule has 0 aromatic rings. The number of carbonyl (C=O) groups excluding carboxylic acids is 16. The molecule has 0 radical (unpaired) electrons. The van der Waals surface area contributed by atoms with Gasteiger partial charge in [-0.2, -0.15) is 0 Å². The standard InChI is InChI=1S/C53H91N17O18/c1-21(55-36(16)71)38(72)56-22(2)39(73)57-23(3)40(74)58-24(4)41(75)59-25(5)42(76)60-26(6)43(77)61-27(7)44(78)62-28(8)45(79)63-29(9)46(80)64-30(10)47(81)65-31(11)48(82)66-32(12)49(83)67-33(13)50(84)68-34(14)51(85)69-35(15)52(86)70-37(53(87)88)19-17-18-20-54/h21-35,37H,17-20,54H2,1-16H3,(H,55,71)(H,56,72)(H,57,73)(H,58,74)(H,59,75)(H,60,76)(H,61,77)(H,62,78)(H,63,79)(H,64,80)(H,65,81)(H,66,82)(H,67,83)(H,68,84)(H,69,85)(H,70,86)(H,87,88)/t21-,22-,23-,24-,25-,26+,27-,28+,29-,30+,31-,32-,33-,34-,35-,37-/m0/s1. The molecule has 88 heavy (non-hydrogen) atoms. The van der Waals surface area contributed by atoms with Gasteiger partial charge in [0.25, 0.3) is 0 Å². The third-order valence-electron chi connectivity index (χ3n) is 12.9. The molecule has 0 aliphatic heterocycles. The summed E-state index contributed by atoms with van der Waals surface area (Å²) in [6.45, 7) is 21.1. The summed E-state index contributed by atoms with van der Waals surface area (Å²) < 4.78 is 0. The van der Waals surface area contributed by atoms with Crippen molar-refractivity contribution in [3.8, 4) is 0 Å².